The number of carbonyl (C=O) groups is 1. The average Bonchev–Trinajstić information content (AvgIpc) is 2.69. The number of nitrogens with zero attached hydrogens (tertiary/aromatic N) is 1. The van der Waals surface area contributed by atoms with Gasteiger partial charge in [0.25, 0.3) is 0 Å². The summed E-state index contributed by atoms with van der Waals surface area (Å²) in [6.07, 6.45) is 3.02. The predicted molar refractivity (Wildman–Crippen MR) is 60.5 cm³/mol. The van der Waals surface area contributed by atoms with Gasteiger partial charge in [-0.25, -0.2) is 4.98 Å². The molecule has 0 fully saturated rings. The molecule has 1 atom stereocenters. The van der Waals surface area contributed by atoms with E-state index < -0.39 is 0 Å². The molecule has 1 aromatic heterocycles. The fourth-order valence-corrected chi connectivity index (χ4v) is 1.39. The highest BCUT2D eigenvalue weighted by Crippen LogP contribution is 2.06. The number of amides is 1. The molecule has 0 radical (unpaired) electrons. The summed E-state index contributed by atoms with van der Waals surface area (Å²) in [4.78, 5) is 15.5. The third kappa shape index (κ3) is 4.02. The van der Waals surface area contributed by atoms with Crippen LogP contribution in [0.15, 0.2) is 10.6 Å². The molecule has 3 N–H and O–H groups in total. The molecule has 0 aromatic carbocycles. The molecular formula is C11H19N3O2. The summed E-state index contributed by atoms with van der Waals surface area (Å²) in [7, 11) is 0. The van der Waals surface area contributed by atoms with Crippen LogP contribution in [0.2, 0.25) is 0 Å². The van der Waals surface area contributed by atoms with Crippen LogP contribution in [0.25, 0.3) is 0 Å². The maximum atomic E-state index is 11.5. The van der Waals surface area contributed by atoms with Gasteiger partial charge in [0.05, 0.1) is 12.7 Å². The van der Waals surface area contributed by atoms with Crippen LogP contribution in [0.5, 0.6) is 0 Å². The lowest BCUT2D eigenvalue weighted by Gasteiger charge is -2.10. The Labute approximate surface area is 95.4 Å². The summed E-state index contributed by atoms with van der Waals surface area (Å²) in [5.74, 6) is 1.53. The van der Waals surface area contributed by atoms with E-state index in [0.29, 0.717) is 25.4 Å². The minimum atomic E-state index is -0.00634. The first-order valence-corrected chi connectivity index (χ1v) is 5.53. The van der Waals surface area contributed by atoms with Gasteiger partial charge in [-0.3, -0.25) is 4.79 Å². The first kappa shape index (κ1) is 12.7. The van der Waals surface area contributed by atoms with E-state index in [1.165, 1.54) is 0 Å². The van der Waals surface area contributed by atoms with E-state index in [0.717, 1.165) is 12.2 Å². The van der Waals surface area contributed by atoms with Crippen molar-refractivity contribution in [3.05, 3.63) is 17.8 Å². The lowest BCUT2D eigenvalue weighted by Crippen LogP contribution is -2.27. The molecule has 5 heteroatoms. The van der Waals surface area contributed by atoms with Crippen molar-refractivity contribution in [2.24, 2.45) is 11.7 Å². The van der Waals surface area contributed by atoms with Crippen LogP contribution in [-0.4, -0.2) is 17.4 Å². The Kier molecular flexibility index (Phi) is 4.98. The number of carbonyl (C=O) groups excluding carboxylic acids is 1. The lowest BCUT2D eigenvalue weighted by molar-refractivity contribution is -0.122. The van der Waals surface area contributed by atoms with Gasteiger partial charge in [0.2, 0.25) is 11.8 Å². The molecule has 0 saturated carbocycles. The predicted octanol–water partition coefficient (Wildman–Crippen LogP) is 0.974. The van der Waals surface area contributed by atoms with E-state index in [1.54, 1.807) is 6.20 Å². The van der Waals surface area contributed by atoms with Crippen LogP contribution in [0.4, 0.5) is 0 Å². The topological polar surface area (TPSA) is 81.2 Å². The molecule has 0 spiro atoms. The molecule has 16 heavy (non-hydrogen) atoms. The molecule has 1 unspecified atom stereocenters. The second kappa shape index (κ2) is 6.27. The van der Waals surface area contributed by atoms with E-state index in [2.05, 4.69) is 10.3 Å². The Balaban J connectivity index is 2.30. The van der Waals surface area contributed by atoms with Gasteiger partial charge in [-0.05, 0) is 19.4 Å². The quantitative estimate of drug-likeness (QED) is 0.756. The second-order valence-electron chi connectivity index (χ2n) is 3.86. The van der Waals surface area contributed by atoms with Gasteiger partial charge in [-0.15, -0.1) is 0 Å². The van der Waals surface area contributed by atoms with Gasteiger partial charge in [-0.1, -0.05) is 13.3 Å². The van der Waals surface area contributed by atoms with E-state index >= 15 is 0 Å². The Morgan fingerprint density at radius 1 is 1.69 bits per heavy atom. The molecule has 0 saturated heterocycles. The van der Waals surface area contributed by atoms with Gasteiger partial charge in [0, 0.05) is 6.42 Å². The number of hydrogen-bond donors (Lipinski definition) is 2. The minimum absolute atomic E-state index is 0.00634. The van der Waals surface area contributed by atoms with Gasteiger partial charge in [0.15, 0.2) is 0 Å². The highest BCUT2D eigenvalue weighted by molar-refractivity contribution is 5.76. The largest absolute Gasteiger partial charge is 0.444 e. The molecule has 0 aliphatic rings. The number of nitrogens with one attached hydrogen (secondary N) is 1. The number of hydrogen-bond acceptors (Lipinski definition) is 4. The normalized spacial score (nSPS) is 12.4. The van der Waals surface area contributed by atoms with Crippen molar-refractivity contribution in [1.82, 2.24) is 10.3 Å². The maximum absolute atomic E-state index is 11.5. The van der Waals surface area contributed by atoms with Crippen molar-refractivity contribution in [2.75, 3.05) is 6.54 Å². The van der Waals surface area contributed by atoms with Crippen molar-refractivity contribution in [3.8, 4) is 0 Å². The number of aryl methyl sites for hydroxylation is 1. The van der Waals surface area contributed by atoms with Crippen molar-refractivity contribution in [3.63, 3.8) is 0 Å². The van der Waals surface area contributed by atoms with Crippen LogP contribution in [-0.2, 0) is 11.3 Å². The first-order chi connectivity index (χ1) is 7.65. The average molecular weight is 225 g/mol. The van der Waals surface area contributed by atoms with Crippen molar-refractivity contribution >= 4 is 5.91 Å². The third-order valence-corrected chi connectivity index (χ3v) is 2.49. The van der Waals surface area contributed by atoms with Gasteiger partial charge in [-0.2, -0.15) is 0 Å². The molecule has 5 nitrogen and oxygen atoms in total. The van der Waals surface area contributed by atoms with Gasteiger partial charge >= 0.3 is 0 Å². The molecule has 1 amide bonds. The molecule has 0 aliphatic heterocycles. The summed E-state index contributed by atoms with van der Waals surface area (Å²) in [6, 6.07) is 0. The smallest absolute Gasteiger partial charge is 0.220 e. The summed E-state index contributed by atoms with van der Waals surface area (Å²) < 4.78 is 5.24. The Hall–Kier alpha value is -1.36. The van der Waals surface area contributed by atoms with Crippen LogP contribution in [0, 0.1) is 12.8 Å². The Morgan fingerprint density at radius 2 is 2.44 bits per heavy atom. The fourth-order valence-electron chi connectivity index (χ4n) is 1.39. The minimum Gasteiger partial charge on any atom is -0.444 e. The standard InChI is InChI=1S/C11H19N3O2/c1-3-9(5-12)4-10(15)13-7-11-14-6-8(2)16-11/h6,9H,3-5,7,12H2,1-2H3,(H,13,15). The molecule has 1 aromatic rings. The molecule has 90 valence electrons. The van der Waals surface area contributed by atoms with Crippen LogP contribution < -0.4 is 11.1 Å². The van der Waals surface area contributed by atoms with Crippen molar-refractivity contribution in [1.29, 1.82) is 0 Å². The highest BCUT2D eigenvalue weighted by atomic mass is 16.4. The molecule has 1 heterocycles. The van der Waals surface area contributed by atoms with E-state index in [-0.39, 0.29) is 11.8 Å². The SMILES string of the molecule is CCC(CN)CC(=O)NCc1ncc(C)o1. The summed E-state index contributed by atoms with van der Waals surface area (Å²) in [6.45, 7) is 4.73. The highest BCUT2D eigenvalue weighted by Gasteiger charge is 2.10. The molecular weight excluding hydrogens is 206 g/mol. The van der Waals surface area contributed by atoms with E-state index in [4.69, 9.17) is 10.2 Å². The third-order valence-electron chi connectivity index (χ3n) is 2.49. The monoisotopic (exact) mass is 225 g/mol. The van der Waals surface area contributed by atoms with E-state index in [9.17, 15) is 4.79 Å². The summed E-state index contributed by atoms with van der Waals surface area (Å²) in [5, 5.41) is 2.76. The van der Waals surface area contributed by atoms with Crippen molar-refractivity contribution in [2.45, 2.75) is 33.2 Å². The number of oxazole rings is 1. The number of rotatable bonds is 6. The number of nitrogens with two attached hydrogens (primary N) is 1. The second-order valence-corrected chi connectivity index (χ2v) is 3.86. The van der Waals surface area contributed by atoms with Crippen LogP contribution in [0.3, 0.4) is 0 Å². The zero-order valence-corrected chi connectivity index (χ0v) is 9.82. The van der Waals surface area contributed by atoms with Crippen molar-refractivity contribution < 1.29 is 9.21 Å². The Bertz CT molecular complexity index is 332. The van der Waals surface area contributed by atoms with Crippen LogP contribution >= 0.6 is 0 Å². The zero-order chi connectivity index (χ0) is 12.0. The first-order valence-electron chi connectivity index (χ1n) is 5.53. The van der Waals surface area contributed by atoms with Gasteiger partial charge in [0.1, 0.15) is 5.76 Å². The zero-order valence-electron chi connectivity index (χ0n) is 9.82. The molecule has 1 rings (SSSR count). The van der Waals surface area contributed by atoms with Crippen LogP contribution in [0.1, 0.15) is 31.4 Å². The summed E-state index contributed by atoms with van der Waals surface area (Å²) in [5.41, 5.74) is 5.53. The molecule has 0 bridgehead atoms. The maximum Gasteiger partial charge on any atom is 0.220 e. The number of aromatic nitrogens is 1. The lowest BCUT2D eigenvalue weighted by atomic mass is 10.0. The summed E-state index contributed by atoms with van der Waals surface area (Å²) >= 11 is 0. The molecule has 0 aliphatic carbocycles. The van der Waals surface area contributed by atoms with Gasteiger partial charge < -0.3 is 15.5 Å². The van der Waals surface area contributed by atoms with E-state index in [1.807, 2.05) is 13.8 Å². The Morgan fingerprint density at radius 3 is 2.94 bits per heavy atom. The fraction of sp³-hybridized carbons (Fsp3) is 0.636.